The first-order chi connectivity index (χ1) is 14.7. The van der Waals surface area contributed by atoms with E-state index in [0.29, 0.717) is 25.1 Å². The molecule has 31 heavy (non-hydrogen) atoms. The fourth-order valence-corrected chi connectivity index (χ4v) is 5.41. The molecule has 9 nitrogen and oxygen atoms in total. The zero-order valence-corrected chi connectivity index (χ0v) is 18.3. The van der Waals surface area contributed by atoms with Crippen LogP contribution >= 0.6 is 0 Å². The Labute approximate surface area is 181 Å². The molecule has 2 amide bonds. The number of carbonyl (C=O) groups excluding carboxylic acids is 2. The Morgan fingerprint density at radius 1 is 1.00 bits per heavy atom. The van der Waals surface area contributed by atoms with Gasteiger partial charge in [-0.15, -0.1) is 0 Å². The van der Waals surface area contributed by atoms with E-state index < -0.39 is 10.0 Å². The number of aromatic nitrogens is 2. The van der Waals surface area contributed by atoms with Gasteiger partial charge in [-0.1, -0.05) is 0 Å². The summed E-state index contributed by atoms with van der Waals surface area (Å²) in [5, 5.41) is 0. The number of ether oxygens (including phenoxy) is 1. The average molecular weight is 445 g/mol. The van der Waals surface area contributed by atoms with Crippen LogP contribution in [0.25, 0.3) is 0 Å². The van der Waals surface area contributed by atoms with Gasteiger partial charge in [0.15, 0.2) is 0 Å². The summed E-state index contributed by atoms with van der Waals surface area (Å²) >= 11 is 0. The molecule has 2 aliphatic rings. The highest BCUT2D eigenvalue weighted by Crippen LogP contribution is 2.27. The molecule has 0 aliphatic carbocycles. The Hall–Kier alpha value is -2.85. The second kappa shape index (κ2) is 8.35. The SMILES string of the molecule is Cc1cc(C)nc(OC2CCCN(S(=O)(=O)c3ccc(N4C(=O)CCC4=O)cc3)C2)n1. The van der Waals surface area contributed by atoms with Crippen LogP contribution in [0.15, 0.2) is 35.2 Å². The number of carbonyl (C=O) groups is 2. The summed E-state index contributed by atoms with van der Waals surface area (Å²) in [5.74, 6) is -0.546. The second-order valence-electron chi connectivity index (χ2n) is 7.80. The predicted molar refractivity (Wildman–Crippen MR) is 112 cm³/mol. The summed E-state index contributed by atoms with van der Waals surface area (Å²) in [7, 11) is -3.75. The molecule has 2 aliphatic heterocycles. The standard InChI is InChI=1S/C21H24N4O5S/c1-14-12-15(2)23-21(22-14)30-17-4-3-11-24(13-17)31(28,29)18-7-5-16(6-8-18)25-19(26)9-10-20(25)27/h5-8,12,17H,3-4,9-11,13H2,1-2H3. The number of hydrogen-bond acceptors (Lipinski definition) is 7. The molecule has 1 atom stereocenters. The molecule has 2 fully saturated rings. The van der Waals surface area contributed by atoms with Crippen molar-refractivity contribution in [1.82, 2.24) is 14.3 Å². The van der Waals surface area contributed by atoms with E-state index in [4.69, 9.17) is 4.74 Å². The van der Waals surface area contributed by atoms with Gasteiger partial charge in [-0.2, -0.15) is 4.31 Å². The van der Waals surface area contributed by atoms with Crippen molar-refractivity contribution in [1.29, 1.82) is 0 Å². The van der Waals surface area contributed by atoms with Crippen molar-refractivity contribution in [2.45, 2.75) is 50.5 Å². The van der Waals surface area contributed by atoms with Crippen LogP contribution in [0.4, 0.5) is 5.69 Å². The zero-order chi connectivity index (χ0) is 22.2. The summed E-state index contributed by atoms with van der Waals surface area (Å²) < 4.78 is 33.6. The van der Waals surface area contributed by atoms with Crippen molar-refractivity contribution in [2.75, 3.05) is 18.0 Å². The minimum absolute atomic E-state index is 0.110. The predicted octanol–water partition coefficient (Wildman–Crippen LogP) is 1.98. The number of benzene rings is 1. The van der Waals surface area contributed by atoms with Gasteiger partial charge >= 0.3 is 6.01 Å². The van der Waals surface area contributed by atoms with Gasteiger partial charge in [0, 0.05) is 30.8 Å². The molecule has 0 N–H and O–H groups in total. The lowest BCUT2D eigenvalue weighted by atomic mass is 10.1. The molecule has 164 valence electrons. The lowest BCUT2D eigenvalue weighted by molar-refractivity contribution is -0.121. The van der Waals surface area contributed by atoms with E-state index in [1.165, 1.54) is 28.6 Å². The molecule has 3 heterocycles. The molecule has 0 bridgehead atoms. The van der Waals surface area contributed by atoms with E-state index >= 15 is 0 Å². The third kappa shape index (κ3) is 4.45. The van der Waals surface area contributed by atoms with Gasteiger partial charge in [0.05, 0.1) is 17.1 Å². The molecule has 10 heteroatoms. The molecular formula is C21H24N4O5S. The van der Waals surface area contributed by atoms with Crippen LogP contribution in [-0.4, -0.2) is 53.7 Å². The van der Waals surface area contributed by atoms with Gasteiger partial charge in [-0.3, -0.25) is 14.5 Å². The number of aryl methyl sites for hydroxylation is 2. The van der Waals surface area contributed by atoms with Crippen LogP contribution < -0.4 is 9.64 Å². The maximum absolute atomic E-state index is 13.1. The van der Waals surface area contributed by atoms with Crippen molar-refractivity contribution in [2.24, 2.45) is 0 Å². The van der Waals surface area contributed by atoms with Gasteiger partial charge in [0.25, 0.3) is 0 Å². The smallest absolute Gasteiger partial charge is 0.317 e. The summed E-state index contributed by atoms with van der Waals surface area (Å²) in [5.41, 5.74) is 1.97. The second-order valence-corrected chi connectivity index (χ2v) is 9.73. The van der Waals surface area contributed by atoms with Crippen molar-refractivity contribution in [3.8, 4) is 6.01 Å². The van der Waals surface area contributed by atoms with E-state index in [1.807, 2.05) is 19.9 Å². The summed E-state index contributed by atoms with van der Waals surface area (Å²) in [6.07, 6.45) is 1.38. The monoisotopic (exact) mass is 444 g/mol. The molecular weight excluding hydrogens is 420 g/mol. The van der Waals surface area contributed by atoms with E-state index in [9.17, 15) is 18.0 Å². The molecule has 1 unspecified atom stereocenters. The third-order valence-electron chi connectivity index (χ3n) is 5.36. The highest BCUT2D eigenvalue weighted by atomic mass is 32.2. The minimum Gasteiger partial charge on any atom is -0.459 e. The van der Waals surface area contributed by atoms with Gasteiger partial charge in [-0.25, -0.2) is 18.4 Å². The summed E-state index contributed by atoms with van der Waals surface area (Å²) in [6, 6.07) is 7.95. The number of sulfonamides is 1. The first-order valence-electron chi connectivity index (χ1n) is 10.2. The first kappa shape index (κ1) is 21.4. The molecule has 2 saturated heterocycles. The van der Waals surface area contributed by atoms with Gasteiger partial charge in [0.1, 0.15) is 6.10 Å². The van der Waals surface area contributed by atoms with E-state index in [-0.39, 0.29) is 48.2 Å². The fraction of sp³-hybridized carbons (Fsp3) is 0.429. The van der Waals surface area contributed by atoms with Crippen LogP contribution in [0, 0.1) is 13.8 Å². The normalized spacial score (nSPS) is 20.3. The molecule has 1 aromatic heterocycles. The van der Waals surface area contributed by atoms with Crippen molar-refractivity contribution >= 4 is 27.5 Å². The number of piperidine rings is 1. The number of anilines is 1. The summed E-state index contributed by atoms with van der Waals surface area (Å²) in [4.78, 5) is 33.6. The maximum atomic E-state index is 13.1. The quantitative estimate of drug-likeness (QED) is 0.649. The molecule has 0 spiro atoms. The Morgan fingerprint density at radius 3 is 2.23 bits per heavy atom. The number of imide groups is 1. The zero-order valence-electron chi connectivity index (χ0n) is 17.4. The van der Waals surface area contributed by atoms with E-state index in [2.05, 4.69) is 9.97 Å². The largest absolute Gasteiger partial charge is 0.459 e. The third-order valence-corrected chi connectivity index (χ3v) is 7.24. The highest BCUT2D eigenvalue weighted by molar-refractivity contribution is 7.89. The van der Waals surface area contributed by atoms with Crippen molar-refractivity contribution < 1.29 is 22.7 Å². The van der Waals surface area contributed by atoms with E-state index in [1.54, 1.807) is 0 Å². The molecule has 0 radical (unpaired) electrons. The van der Waals surface area contributed by atoms with Crippen LogP contribution in [-0.2, 0) is 19.6 Å². The highest BCUT2D eigenvalue weighted by Gasteiger charge is 2.33. The van der Waals surface area contributed by atoms with E-state index in [0.717, 1.165) is 16.3 Å². The first-order valence-corrected chi connectivity index (χ1v) is 11.6. The lowest BCUT2D eigenvalue weighted by Crippen LogP contribution is -2.44. The summed E-state index contributed by atoms with van der Waals surface area (Å²) in [6.45, 7) is 4.29. The Morgan fingerprint density at radius 2 is 1.61 bits per heavy atom. The Kier molecular flexibility index (Phi) is 5.76. The molecule has 0 saturated carbocycles. The minimum atomic E-state index is -3.75. The Bertz CT molecular complexity index is 1080. The molecule has 1 aromatic carbocycles. The van der Waals surface area contributed by atoms with Crippen LogP contribution in [0.3, 0.4) is 0 Å². The molecule has 2 aromatic rings. The van der Waals surface area contributed by atoms with Gasteiger partial charge in [-0.05, 0) is 57.0 Å². The fourth-order valence-electron chi connectivity index (χ4n) is 3.90. The van der Waals surface area contributed by atoms with Crippen LogP contribution in [0.1, 0.15) is 37.1 Å². The van der Waals surface area contributed by atoms with Crippen molar-refractivity contribution in [3.63, 3.8) is 0 Å². The van der Waals surface area contributed by atoms with Gasteiger partial charge in [0.2, 0.25) is 21.8 Å². The number of nitrogens with zero attached hydrogens (tertiary/aromatic N) is 4. The molecule has 4 rings (SSSR count). The number of hydrogen-bond donors (Lipinski definition) is 0. The Balaban J connectivity index is 1.49. The lowest BCUT2D eigenvalue weighted by Gasteiger charge is -2.31. The van der Waals surface area contributed by atoms with Crippen LogP contribution in [0.5, 0.6) is 6.01 Å². The number of rotatable bonds is 5. The van der Waals surface area contributed by atoms with Crippen molar-refractivity contribution in [3.05, 3.63) is 41.7 Å². The van der Waals surface area contributed by atoms with Gasteiger partial charge < -0.3 is 4.74 Å². The average Bonchev–Trinajstić information content (AvgIpc) is 3.05. The van der Waals surface area contributed by atoms with Crippen LogP contribution in [0.2, 0.25) is 0 Å². The maximum Gasteiger partial charge on any atom is 0.317 e. The number of amides is 2. The topological polar surface area (TPSA) is 110 Å².